The van der Waals surface area contributed by atoms with Gasteiger partial charge in [0, 0.05) is 5.88 Å². The molecule has 0 fully saturated rings. The van der Waals surface area contributed by atoms with Crippen molar-refractivity contribution < 1.29 is 0 Å². The third-order valence-corrected chi connectivity index (χ3v) is 3.25. The Hall–Kier alpha value is 0.0300. The van der Waals surface area contributed by atoms with Crippen LogP contribution in [0.1, 0.15) is 58.3 Å². The highest BCUT2D eigenvalue weighted by atomic mass is 35.5. The van der Waals surface area contributed by atoms with Crippen molar-refractivity contribution in [3.05, 3.63) is 12.7 Å². The van der Waals surface area contributed by atoms with Gasteiger partial charge in [-0.05, 0) is 25.2 Å². The smallest absolute Gasteiger partial charge is 0.0251 e. The lowest BCUT2D eigenvalue weighted by atomic mass is 10.00. The second-order valence-electron chi connectivity index (χ2n) is 4.06. The van der Waals surface area contributed by atoms with Gasteiger partial charge in [-0.25, -0.2) is 0 Å². The summed E-state index contributed by atoms with van der Waals surface area (Å²) in [6, 6.07) is 0. The molecule has 14 heavy (non-hydrogen) atoms. The average Bonchev–Trinajstić information content (AvgIpc) is 2.22. The van der Waals surface area contributed by atoms with Crippen LogP contribution in [-0.4, -0.2) is 5.88 Å². The van der Waals surface area contributed by atoms with Crippen molar-refractivity contribution in [2.75, 3.05) is 5.88 Å². The lowest BCUT2D eigenvalue weighted by Gasteiger charge is -2.09. The van der Waals surface area contributed by atoms with Crippen molar-refractivity contribution in [1.82, 2.24) is 0 Å². The van der Waals surface area contributed by atoms with Crippen molar-refractivity contribution in [3.8, 4) is 0 Å². The van der Waals surface area contributed by atoms with E-state index in [1.165, 1.54) is 51.4 Å². The minimum absolute atomic E-state index is 0.754. The Morgan fingerprint density at radius 1 is 1.14 bits per heavy atom. The number of hydrogen-bond donors (Lipinski definition) is 0. The Labute approximate surface area is 94.7 Å². The molecule has 0 nitrogen and oxygen atoms in total. The molecular formula is C13H25Cl. The molecule has 0 saturated carbocycles. The molecule has 0 heterocycles. The molecule has 84 valence electrons. The molecule has 1 atom stereocenters. The highest BCUT2D eigenvalue weighted by molar-refractivity contribution is 6.18. The van der Waals surface area contributed by atoms with Crippen LogP contribution in [0.5, 0.6) is 0 Å². The lowest BCUT2D eigenvalue weighted by molar-refractivity contribution is 0.477. The molecule has 0 aliphatic rings. The summed E-state index contributed by atoms with van der Waals surface area (Å²) in [6.07, 6.45) is 12.6. The summed E-state index contributed by atoms with van der Waals surface area (Å²) in [4.78, 5) is 0. The zero-order valence-electron chi connectivity index (χ0n) is 9.60. The van der Waals surface area contributed by atoms with Gasteiger partial charge in [0.2, 0.25) is 0 Å². The normalized spacial score (nSPS) is 12.7. The van der Waals surface area contributed by atoms with Crippen molar-refractivity contribution in [3.63, 3.8) is 0 Å². The first-order valence-corrected chi connectivity index (χ1v) is 6.55. The van der Waals surface area contributed by atoms with Gasteiger partial charge in [0.05, 0.1) is 0 Å². The van der Waals surface area contributed by atoms with E-state index >= 15 is 0 Å². The second-order valence-corrected chi connectivity index (χ2v) is 4.37. The molecule has 0 aromatic carbocycles. The first-order chi connectivity index (χ1) is 6.85. The van der Waals surface area contributed by atoms with Gasteiger partial charge in [0.25, 0.3) is 0 Å². The monoisotopic (exact) mass is 216 g/mol. The van der Waals surface area contributed by atoms with E-state index in [2.05, 4.69) is 13.5 Å². The molecule has 0 bridgehead atoms. The molecule has 0 aliphatic heterocycles. The van der Waals surface area contributed by atoms with Gasteiger partial charge in [0.15, 0.2) is 0 Å². The molecule has 0 aromatic rings. The molecule has 0 aliphatic carbocycles. The second kappa shape index (κ2) is 11.1. The number of allylic oxidation sites excluding steroid dienone is 1. The topological polar surface area (TPSA) is 0 Å². The molecule has 0 radical (unpaired) electrons. The Morgan fingerprint density at radius 2 is 1.79 bits per heavy atom. The summed E-state index contributed by atoms with van der Waals surface area (Å²) >= 11 is 5.84. The summed E-state index contributed by atoms with van der Waals surface area (Å²) in [7, 11) is 0. The summed E-state index contributed by atoms with van der Waals surface area (Å²) in [6.45, 7) is 5.96. The van der Waals surface area contributed by atoms with Crippen LogP contribution >= 0.6 is 11.6 Å². The molecule has 1 heteroatoms. The molecule has 0 rings (SSSR count). The van der Waals surface area contributed by atoms with Crippen LogP contribution in [0.3, 0.4) is 0 Å². The number of alkyl halides is 1. The third kappa shape index (κ3) is 8.62. The quantitative estimate of drug-likeness (QED) is 0.269. The van der Waals surface area contributed by atoms with Gasteiger partial charge in [-0.3, -0.25) is 0 Å². The molecule has 0 amide bonds. The van der Waals surface area contributed by atoms with Gasteiger partial charge >= 0.3 is 0 Å². The van der Waals surface area contributed by atoms with E-state index in [0.29, 0.717) is 0 Å². The molecule has 0 N–H and O–H groups in total. The number of halogens is 1. The lowest BCUT2D eigenvalue weighted by Crippen LogP contribution is -1.99. The zero-order chi connectivity index (χ0) is 10.6. The Bertz CT molecular complexity index is 116. The van der Waals surface area contributed by atoms with Crippen molar-refractivity contribution in [2.45, 2.75) is 58.3 Å². The van der Waals surface area contributed by atoms with E-state index in [4.69, 9.17) is 11.6 Å². The summed E-state index contributed by atoms with van der Waals surface area (Å²) in [5.74, 6) is 1.59. The minimum Gasteiger partial charge on any atom is -0.126 e. The van der Waals surface area contributed by atoms with E-state index < -0.39 is 0 Å². The van der Waals surface area contributed by atoms with Gasteiger partial charge in [0.1, 0.15) is 0 Å². The Kier molecular flexibility index (Phi) is 11.1. The van der Waals surface area contributed by atoms with Gasteiger partial charge < -0.3 is 0 Å². The maximum absolute atomic E-state index is 5.84. The van der Waals surface area contributed by atoms with Gasteiger partial charge in [-0.2, -0.15) is 0 Å². The highest BCUT2D eigenvalue weighted by Gasteiger charge is 2.03. The molecular weight excluding hydrogens is 192 g/mol. The van der Waals surface area contributed by atoms with Gasteiger partial charge in [-0.15, -0.1) is 18.2 Å². The first kappa shape index (κ1) is 14.0. The van der Waals surface area contributed by atoms with Crippen molar-refractivity contribution in [2.24, 2.45) is 5.92 Å². The van der Waals surface area contributed by atoms with Crippen LogP contribution in [0.25, 0.3) is 0 Å². The van der Waals surface area contributed by atoms with Crippen LogP contribution in [0, 0.1) is 5.92 Å². The van der Waals surface area contributed by atoms with Crippen molar-refractivity contribution in [1.29, 1.82) is 0 Å². The Balaban J connectivity index is 3.08. The van der Waals surface area contributed by atoms with E-state index in [1.54, 1.807) is 0 Å². The summed E-state index contributed by atoms with van der Waals surface area (Å²) in [5, 5.41) is 0. The zero-order valence-corrected chi connectivity index (χ0v) is 10.4. The SMILES string of the molecule is C=CCCCCCCCC(CC)CCl. The fourth-order valence-electron chi connectivity index (χ4n) is 1.64. The van der Waals surface area contributed by atoms with Crippen molar-refractivity contribution >= 4 is 11.6 Å². The molecule has 0 spiro atoms. The van der Waals surface area contributed by atoms with E-state index in [0.717, 1.165) is 11.8 Å². The average molecular weight is 217 g/mol. The first-order valence-electron chi connectivity index (χ1n) is 6.02. The molecule has 0 aromatic heterocycles. The van der Waals surface area contributed by atoms with Crippen LogP contribution in [0.2, 0.25) is 0 Å². The van der Waals surface area contributed by atoms with E-state index in [9.17, 15) is 0 Å². The predicted molar refractivity (Wildman–Crippen MR) is 67.0 cm³/mol. The maximum atomic E-state index is 5.84. The fraction of sp³-hybridized carbons (Fsp3) is 0.846. The largest absolute Gasteiger partial charge is 0.126 e. The maximum Gasteiger partial charge on any atom is 0.0251 e. The number of rotatable bonds is 10. The number of hydrogen-bond acceptors (Lipinski definition) is 0. The van der Waals surface area contributed by atoms with Crippen LogP contribution in [0.4, 0.5) is 0 Å². The third-order valence-electron chi connectivity index (χ3n) is 2.82. The molecule has 1 unspecified atom stereocenters. The minimum atomic E-state index is 0.754. The Morgan fingerprint density at radius 3 is 2.36 bits per heavy atom. The fourth-order valence-corrected chi connectivity index (χ4v) is 2.01. The van der Waals surface area contributed by atoms with Crippen LogP contribution in [-0.2, 0) is 0 Å². The highest BCUT2D eigenvalue weighted by Crippen LogP contribution is 2.16. The van der Waals surface area contributed by atoms with Crippen LogP contribution in [0.15, 0.2) is 12.7 Å². The number of unbranched alkanes of at least 4 members (excludes halogenated alkanes) is 5. The summed E-state index contributed by atoms with van der Waals surface area (Å²) < 4.78 is 0. The van der Waals surface area contributed by atoms with E-state index in [-0.39, 0.29) is 0 Å². The molecule has 0 saturated heterocycles. The summed E-state index contributed by atoms with van der Waals surface area (Å²) in [5.41, 5.74) is 0. The predicted octanol–water partition coefficient (Wildman–Crippen LogP) is 5.17. The standard InChI is InChI=1S/C13H25Cl/c1-3-5-6-7-8-9-10-11-13(4-2)12-14/h3,13H,1,4-12H2,2H3. The van der Waals surface area contributed by atoms with Gasteiger partial charge in [-0.1, -0.05) is 45.1 Å². The van der Waals surface area contributed by atoms with E-state index in [1.807, 2.05) is 6.08 Å². The van der Waals surface area contributed by atoms with Crippen LogP contribution < -0.4 is 0 Å².